The molecule has 3 aromatic rings. The summed E-state index contributed by atoms with van der Waals surface area (Å²) in [5.41, 5.74) is 8.33. The third kappa shape index (κ3) is 4.16. The van der Waals surface area contributed by atoms with Crippen molar-refractivity contribution in [3.05, 3.63) is 42.2 Å². The summed E-state index contributed by atoms with van der Waals surface area (Å²) in [4.78, 5) is 12.9. The number of imidazole rings is 1. The van der Waals surface area contributed by atoms with E-state index < -0.39 is 18.4 Å². The fourth-order valence-electron chi connectivity index (χ4n) is 3.66. The van der Waals surface area contributed by atoms with Crippen LogP contribution in [0.3, 0.4) is 0 Å². The van der Waals surface area contributed by atoms with Gasteiger partial charge in [0.15, 0.2) is 17.0 Å². The minimum absolute atomic E-state index is 0.246. The predicted molar refractivity (Wildman–Crippen MR) is 109 cm³/mol. The largest absolute Gasteiger partial charge is 0.394 e. The van der Waals surface area contributed by atoms with Gasteiger partial charge in [-0.25, -0.2) is 15.0 Å². The number of aromatic nitrogens is 4. The number of nitrogen functional groups attached to an aromatic ring is 1. The zero-order chi connectivity index (χ0) is 20.2. The van der Waals surface area contributed by atoms with E-state index in [9.17, 15) is 10.2 Å². The SMILES string of the molecule is Nc1ncnc2c1nc(NCCCCc1ccccc1)n2[C@H]1CC(O)[C@@H](CO)O1. The second kappa shape index (κ2) is 8.73. The Morgan fingerprint density at radius 1 is 1.21 bits per heavy atom. The first-order chi connectivity index (χ1) is 14.2. The summed E-state index contributed by atoms with van der Waals surface area (Å²) in [6.45, 7) is 0.478. The van der Waals surface area contributed by atoms with Crippen LogP contribution in [-0.2, 0) is 11.2 Å². The van der Waals surface area contributed by atoms with Gasteiger partial charge in [-0.1, -0.05) is 30.3 Å². The molecule has 1 unspecified atom stereocenters. The molecule has 0 bridgehead atoms. The van der Waals surface area contributed by atoms with Gasteiger partial charge in [-0.2, -0.15) is 0 Å². The molecule has 2 aromatic heterocycles. The first-order valence-corrected chi connectivity index (χ1v) is 9.88. The number of aliphatic hydroxyl groups is 2. The van der Waals surface area contributed by atoms with Crippen LogP contribution in [0.1, 0.15) is 31.1 Å². The predicted octanol–water partition coefficient (Wildman–Crippen LogP) is 1.48. The Hall–Kier alpha value is -2.75. The first-order valence-electron chi connectivity index (χ1n) is 9.88. The number of rotatable bonds is 8. The van der Waals surface area contributed by atoms with E-state index in [0.717, 1.165) is 25.8 Å². The number of aliphatic hydroxyl groups excluding tert-OH is 2. The first kappa shape index (κ1) is 19.6. The lowest BCUT2D eigenvalue weighted by Crippen LogP contribution is -2.24. The number of hydrogen-bond donors (Lipinski definition) is 4. The molecule has 3 atom stereocenters. The van der Waals surface area contributed by atoms with Crippen LogP contribution in [0.5, 0.6) is 0 Å². The van der Waals surface area contributed by atoms with E-state index in [0.29, 0.717) is 23.5 Å². The molecule has 0 amide bonds. The van der Waals surface area contributed by atoms with E-state index in [2.05, 4.69) is 44.5 Å². The molecule has 4 rings (SSSR count). The zero-order valence-corrected chi connectivity index (χ0v) is 16.1. The van der Waals surface area contributed by atoms with Crippen molar-refractivity contribution in [3.63, 3.8) is 0 Å². The fraction of sp³-hybridized carbons (Fsp3) is 0.450. The molecule has 9 heteroatoms. The van der Waals surface area contributed by atoms with Crippen molar-refractivity contribution in [3.8, 4) is 0 Å². The number of anilines is 2. The van der Waals surface area contributed by atoms with E-state index in [1.807, 2.05) is 6.07 Å². The van der Waals surface area contributed by atoms with Crippen molar-refractivity contribution in [1.82, 2.24) is 19.5 Å². The quantitative estimate of drug-likeness (QED) is 0.420. The van der Waals surface area contributed by atoms with Crippen LogP contribution in [0.2, 0.25) is 0 Å². The monoisotopic (exact) mass is 398 g/mol. The van der Waals surface area contributed by atoms with Crippen molar-refractivity contribution in [2.45, 2.75) is 44.1 Å². The van der Waals surface area contributed by atoms with Crippen LogP contribution in [0.15, 0.2) is 36.7 Å². The van der Waals surface area contributed by atoms with Gasteiger partial charge in [0.2, 0.25) is 5.95 Å². The lowest BCUT2D eigenvalue weighted by Gasteiger charge is -2.17. The number of nitrogens with zero attached hydrogens (tertiary/aromatic N) is 4. The Morgan fingerprint density at radius 2 is 2.03 bits per heavy atom. The number of hydrogen-bond acceptors (Lipinski definition) is 8. The summed E-state index contributed by atoms with van der Waals surface area (Å²) in [6, 6.07) is 10.4. The molecule has 0 spiro atoms. The van der Waals surface area contributed by atoms with Gasteiger partial charge >= 0.3 is 0 Å². The molecule has 154 valence electrons. The summed E-state index contributed by atoms with van der Waals surface area (Å²) < 4.78 is 7.62. The van der Waals surface area contributed by atoms with Gasteiger partial charge in [0.25, 0.3) is 0 Å². The minimum Gasteiger partial charge on any atom is -0.394 e. The van der Waals surface area contributed by atoms with Crippen molar-refractivity contribution in [2.24, 2.45) is 0 Å². The standard InChI is InChI=1S/C20H26N6O3/c21-18-17-19(24-12-23-18)26(16-10-14(28)15(11-27)29-16)20(25-17)22-9-5-4-8-13-6-2-1-3-7-13/h1-3,6-7,12,14-16,27-28H,4-5,8-11H2,(H,22,25)(H2,21,23,24)/t14?,15-,16-/m1/s1. The molecule has 1 aromatic carbocycles. The molecule has 9 nitrogen and oxygen atoms in total. The zero-order valence-electron chi connectivity index (χ0n) is 16.1. The summed E-state index contributed by atoms with van der Waals surface area (Å²) in [7, 11) is 0. The molecule has 1 aliphatic heterocycles. The van der Waals surface area contributed by atoms with Crippen molar-refractivity contribution >= 4 is 22.9 Å². The summed E-state index contributed by atoms with van der Waals surface area (Å²) in [6.07, 6.45) is 2.88. The van der Waals surface area contributed by atoms with Crippen molar-refractivity contribution in [2.75, 3.05) is 24.2 Å². The minimum atomic E-state index is -0.750. The van der Waals surface area contributed by atoms with Crippen molar-refractivity contribution in [1.29, 1.82) is 0 Å². The Bertz CT molecular complexity index is 948. The lowest BCUT2D eigenvalue weighted by molar-refractivity contribution is -0.0425. The maximum Gasteiger partial charge on any atom is 0.207 e. The Labute approximate surface area is 168 Å². The number of nitrogens with two attached hydrogens (primary N) is 1. The molecular formula is C20H26N6O3. The van der Waals surface area contributed by atoms with Gasteiger partial charge in [-0.15, -0.1) is 0 Å². The van der Waals surface area contributed by atoms with Gasteiger partial charge in [-0.05, 0) is 24.8 Å². The average Bonchev–Trinajstić information content (AvgIpc) is 3.29. The highest BCUT2D eigenvalue weighted by atomic mass is 16.5. The maximum absolute atomic E-state index is 10.1. The van der Waals surface area contributed by atoms with Crippen LogP contribution < -0.4 is 11.1 Å². The molecule has 0 radical (unpaired) electrons. The fourth-order valence-corrected chi connectivity index (χ4v) is 3.66. The normalized spacial score (nSPS) is 21.7. The highest BCUT2D eigenvalue weighted by Gasteiger charge is 2.36. The molecular weight excluding hydrogens is 372 g/mol. The molecule has 1 fully saturated rings. The smallest absolute Gasteiger partial charge is 0.207 e. The molecule has 1 saturated heterocycles. The maximum atomic E-state index is 10.1. The van der Waals surface area contributed by atoms with Crippen LogP contribution >= 0.6 is 0 Å². The van der Waals surface area contributed by atoms with E-state index in [1.165, 1.54) is 11.9 Å². The number of nitrogens with one attached hydrogen (secondary N) is 1. The molecule has 0 aliphatic carbocycles. The molecule has 0 saturated carbocycles. The molecule has 1 aliphatic rings. The summed E-state index contributed by atoms with van der Waals surface area (Å²) in [5.74, 6) is 0.862. The second-order valence-corrected chi connectivity index (χ2v) is 7.22. The average molecular weight is 398 g/mol. The van der Waals surface area contributed by atoms with Crippen LogP contribution in [-0.4, -0.2) is 55.1 Å². The number of ether oxygens (including phenoxy) is 1. The Kier molecular flexibility index (Phi) is 5.89. The van der Waals surface area contributed by atoms with Gasteiger partial charge < -0.3 is 26.0 Å². The second-order valence-electron chi connectivity index (χ2n) is 7.22. The Balaban J connectivity index is 1.47. The number of unbranched alkanes of at least 4 members (excludes halogenated alkanes) is 1. The number of aryl methyl sites for hydroxylation is 1. The summed E-state index contributed by atoms with van der Waals surface area (Å²) in [5, 5.41) is 22.9. The third-order valence-corrected chi connectivity index (χ3v) is 5.20. The van der Waals surface area contributed by atoms with Gasteiger partial charge in [0.1, 0.15) is 18.7 Å². The van der Waals surface area contributed by atoms with E-state index in [-0.39, 0.29) is 12.4 Å². The number of benzene rings is 1. The topological polar surface area (TPSA) is 131 Å². The third-order valence-electron chi connectivity index (χ3n) is 5.20. The van der Waals surface area contributed by atoms with Gasteiger partial charge in [0, 0.05) is 13.0 Å². The van der Waals surface area contributed by atoms with Crippen LogP contribution in [0.4, 0.5) is 11.8 Å². The molecule has 3 heterocycles. The van der Waals surface area contributed by atoms with E-state index >= 15 is 0 Å². The van der Waals surface area contributed by atoms with Crippen molar-refractivity contribution < 1.29 is 14.9 Å². The van der Waals surface area contributed by atoms with Gasteiger partial charge in [-0.3, -0.25) is 4.57 Å². The van der Waals surface area contributed by atoms with Crippen LogP contribution in [0.25, 0.3) is 11.2 Å². The highest BCUT2D eigenvalue weighted by Crippen LogP contribution is 2.34. The van der Waals surface area contributed by atoms with E-state index in [4.69, 9.17) is 10.5 Å². The highest BCUT2D eigenvalue weighted by molar-refractivity contribution is 5.84. The van der Waals surface area contributed by atoms with Gasteiger partial charge in [0.05, 0.1) is 12.7 Å². The molecule has 5 N–H and O–H groups in total. The summed E-state index contributed by atoms with van der Waals surface area (Å²) >= 11 is 0. The Morgan fingerprint density at radius 3 is 2.79 bits per heavy atom. The lowest BCUT2D eigenvalue weighted by atomic mass is 10.1. The molecule has 29 heavy (non-hydrogen) atoms. The number of fused-ring (bicyclic) bond motifs is 1. The van der Waals surface area contributed by atoms with Crippen LogP contribution in [0, 0.1) is 0 Å². The van der Waals surface area contributed by atoms with E-state index in [1.54, 1.807) is 4.57 Å².